The molecule has 1 aliphatic carbocycles. The third-order valence-electron chi connectivity index (χ3n) is 4.54. The van der Waals surface area contributed by atoms with Gasteiger partial charge in [0.1, 0.15) is 11.8 Å². The first-order valence-electron chi connectivity index (χ1n) is 8.39. The van der Waals surface area contributed by atoms with Crippen molar-refractivity contribution in [1.29, 1.82) is 0 Å². The topological polar surface area (TPSA) is 32.8 Å². The molecule has 2 aliphatic rings. The number of rotatable bonds is 1. The van der Waals surface area contributed by atoms with Gasteiger partial charge in [0.2, 0.25) is 0 Å². The summed E-state index contributed by atoms with van der Waals surface area (Å²) in [7, 11) is 0. The van der Waals surface area contributed by atoms with E-state index in [9.17, 15) is 9.18 Å². The highest BCUT2D eigenvalue weighted by Gasteiger charge is 2.38. The quantitative estimate of drug-likeness (QED) is 0.717. The van der Waals surface area contributed by atoms with E-state index in [0.29, 0.717) is 32.6 Å². The minimum Gasteiger partial charge on any atom is -0.444 e. The Balaban J connectivity index is 1.64. The van der Waals surface area contributed by atoms with Crippen molar-refractivity contribution in [3.63, 3.8) is 0 Å². The number of nitrogens with zero attached hydrogens (tertiary/aromatic N) is 2. The largest absolute Gasteiger partial charge is 0.444 e. The second-order valence-corrected chi connectivity index (χ2v) is 8.43. The molecule has 0 spiro atoms. The van der Waals surface area contributed by atoms with Gasteiger partial charge < -0.3 is 9.64 Å². The van der Waals surface area contributed by atoms with E-state index in [1.54, 1.807) is 4.90 Å². The second kappa shape index (κ2) is 6.64. The number of amides is 1. The lowest BCUT2D eigenvalue weighted by molar-refractivity contribution is 0.00581. The van der Waals surface area contributed by atoms with Crippen LogP contribution in [0.3, 0.4) is 0 Å². The molecule has 1 heterocycles. The summed E-state index contributed by atoms with van der Waals surface area (Å²) in [6.45, 7) is 8.07. The molecule has 4 nitrogen and oxygen atoms in total. The van der Waals surface area contributed by atoms with Crippen LogP contribution in [0.5, 0.6) is 0 Å². The van der Waals surface area contributed by atoms with Crippen molar-refractivity contribution in [2.24, 2.45) is 0 Å². The zero-order valence-electron chi connectivity index (χ0n) is 14.4. The van der Waals surface area contributed by atoms with Crippen LogP contribution < -0.4 is 0 Å². The van der Waals surface area contributed by atoms with Gasteiger partial charge in [-0.15, -0.1) is 0 Å². The van der Waals surface area contributed by atoms with Gasteiger partial charge in [0.05, 0.1) is 6.04 Å². The SMILES string of the molecule is CC(C)(C)OC(=O)N1CCN([C@@H]2c3ccc(Br)cc3C[C@@H]2F)CC1. The Bertz CT molecular complexity index is 624. The van der Waals surface area contributed by atoms with Gasteiger partial charge in [-0.25, -0.2) is 9.18 Å². The van der Waals surface area contributed by atoms with E-state index in [-0.39, 0.29) is 12.1 Å². The Morgan fingerprint density at radius 3 is 2.54 bits per heavy atom. The van der Waals surface area contributed by atoms with Crippen LogP contribution in [0.25, 0.3) is 0 Å². The molecule has 0 N–H and O–H groups in total. The van der Waals surface area contributed by atoms with E-state index in [2.05, 4.69) is 20.8 Å². The zero-order chi connectivity index (χ0) is 17.5. The van der Waals surface area contributed by atoms with Crippen molar-refractivity contribution in [2.45, 2.75) is 45.0 Å². The molecule has 0 bridgehead atoms. The van der Waals surface area contributed by atoms with Gasteiger partial charge in [-0.1, -0.05) is 22.0 Å². The molecule has 132 valence electrons. The first-order valence-corrected chi connectivity index (χ1v) is 9.18. The second-order valence-electron chi connectivity index (χ2n) is 7.51. The third-order valence-corrected chi connectivity index (χ3v) is 5.03. The van der Waals surface area contributed by atoms with Crippen LogP contribution >= 0.6 is 15.9 Å². The molecule has 0 aromatic heterocycles. The number of fused-ring (bicyclic) bond motifs is 1. The molecule has 1 saturated heterocycles. The first kappa shape index (κ1) is 17.7. The smallest absolute Gasteiger partial charge is 0.410 e. The fourth-order valence-electron chi connectivity index (χ4n) is 3.49. The van der Waals surface area contributed by atoms with Crippen LogP contribution in [0.1, 0.15) is 37.9 Å². The molecule has 1 aromatic carbocycles. The molecule has 0 radical (unpaired) electrons. The Kier molecular flexibility index (Phi) is 4.89. The molecule has 2 atom stereocenters. The van der Waals surface area contributed by atoms with Gasteiger partial charge in [0, 0.05) is 37.1 Å². The summed E-state index contributed by atoms with van der Waals surface area (Å²) in [5.41, 5.74) is 1.67. The summed E-state index contributed by atoms with van der Waals surface area (Å²) in [4.78, 5) is 16.0. The summed E-state index contributed by atoms with van der Waals surface area (Å²) in [6.07, 6.45) is -0.705. The van der Waals surface area contributed by atoms with Gasteiger partial charge in [0.25, 0.3) is 0 Å². The Labute approximate surface area is 151 Å². The normalized spacial score (nSPS) is 24.8. The Hall–Kier alpha value is -1.14. The molecule has 3 rings (SSSR count). The fraction of sp³-hybridized carbons (Fsp3) is 0.611. The maximum Gasteiger partial charge on any atom is 0.410 e. The number of halogens is 2. The number of piperazine rings is 1. The lowest BCUT2D eigenvalue weighted by Crippen LogP contribution is -2.51. The van der Waals surface area contributed by atoms with Crippen molar-refractivity contribution < 1.29 is 13.9 Å². The van der Waals surface area contributed by atoms with Crippen molar-refractivity contribution in [1.82, 2.24) is 9.80 Å². The molecule has 0 unspecified atom stereocenters. The van der Waals surface area contributed by atoms with Crippen molar-refractivity contribution in [2.75, 3.05) is 26.2 Å². The molecule has 0 saturated carbocycles. The molecule has 1 aromatic rings. The summed E-state index contributed by atoms with van der Waals surface area (Å²) in [6, 6.07) is 5.80. The van der Waals surface area contributed by atoms with Gasteiger partial charge in [-0.3, -0.25) is 4.90 Å². The summed E-state index contributed by atoms with van der Waals surface area (Å²) < 4.78 is 21.0. The van der Waals surface area contributed by atoms with Crippen molar-refractivity contribution >= 4 is 22.0 Å². The maximum atomic E-state index is 14.6. The first-order chi connectivity index (χ1) is 11.2. The minimum atomic E-state index is -0.887. The molecule has 6 heteroatoms. The highest BCUT2D eigenvalue weighted by atomic mass is 79.9. The molecular weight excluding hydrogens is 375 g/mol. The number of carbonyl (C=O) groups excluding carboxylic acids is 1. The van der Waals surface area contributed by atoms with Crippen LogP contribution in [0.4, 0.5) is 9.18 Å². The maximum absolute atomic E-state index is 14.6. The monoisotopic (exact) mass is 398 g/mol. The standard InChI is InChI=1S/C18H24BrFN2O2/c1-18(2,3)24-17(23)22-8-6-21(7-9-22)16-14-5-4-13(19)10-12(14)11-15(16)20/h4-5,10,15-16H,6-9,11H2,1-3H3/t15-,16+/m0/s1. The lowest BCUT2D eigenvalue weighted by Gasteiger charge is -2.39. The number of hydrogen-bond acceptors (Lipinski definition) is 3. The summed E-state index contributed by atoms with van der Waals surface area (Å²) >= 11 is 3.45. The van der Waals surface area contributed by atoms with E-state index in [1.165, 1.54) is 0 Å². The molecule has 1 fully saturated rings. The van der Waals surface area contributed by atoms with Gasteiger partial charge >= 0.3 is 6.09 Å². The van der Waals surface area contributed by atoms with Gasteiger partial charge in [0.15, 0.2) is 0 Å². The molecule has 1 aliphatic heterocycles. The van der Waals surface area contributed by atoms with E-state index in [0.717, 1.165) is 15.6 Å². The highest BCUT2D eigenvalue weighted by Crippen LogP contribution is 2.39. The third kappa shape index (κ3) is 3.75. The number of carbonyl (C=O) groups is 1. The number of benzene rings is 1. The summed E-state index contributed by atoms with van der Waals surface area (Å²) in [5.74, 6) is 0. The number of alkyl halides is 1. The molecule has 24 heavy (non-hydrogen) atoms. The lowest BCUT2D eigenvalue weighted by atomic mass is 10.1. The van der Waals surface area contributed by atoms with Gasteiger partial charge in [-0.05, 0) is 44.0 Å². The van der Waals surface area contributed by atoms with E-state index >= 15 is 0 Å². The predicted octanol–water partition coefficient (Wildman–Crippen LogP) is 3.94. The minimum absolute atomic E-state index is 0.200. The number of ether oxygens (including phenoxy) is 1. The predicted molar refractivity (Wildman–Crippen MR) is 94.9 cm³/mol. The fourth-order valence-corrected chi connectivity index (χ4v) is 3.90. The van der Waals surface area contributed by atoms with E-state index in [4.69, 9.17) is 4.74 Å². The van der Waals surface area contributed by atoms with E-state index < -0.39 is 11.8 Å². The van der Waals surface area contributed by atoms with Crippen LogP contribution in [-0.2, 0) is 11.2 Å². The highest BCUT2D eigenvalue weighted by molar-refractivity contribution is 9.10. The Morgan fingerprint density at radius 2 is 1.92 bits per heavy atom. The summed E-state index contributed by atoms with van der Waals surface area (Å²) in [5, 5.41) is 0. The van der Waals surface area contributed by atoms with Gasteiger partial charge in [-0.2, -0.15) is 0 Å². The van der Waals surface area contributed by atoms with Crippen LogP contribution in [-0.4, -0.2) is 53.8 Å². The zero-order valence-corrected chi connectivity index (χ0v) is 16.0. The van der Waals surface area contributed by atoms with Crippen molar-refractivity contribution in [3.05, 3.63) is 33.8 Å². The van der Waals surface area contributed by atoms with Crippen molar-refractivity contribution in [3.8, 4) is 0 Å². The number of hydrogen-bond donors (Lipinski definition) is 0. The molecular formula is C18H24BrFN2O2. The molecule has 1 amide bonds. The average molecular weight is 399 g/mol. The Morgan fingerprint density at radius 1 is 1.25 bits per heavy atom. The van der Waals surface area contributed by atoms with Crippen LogP contribution in [0.15, 0.2) is 22.7 Å². The average Bonchev–Trinajstić information content (AvgIpc) is 2.80. The van der Waals surface area contributed by atoms with Crippen LogP contribution in [0.2, 0.25) is 0 Å². The van der Waals surface area contributed by atoms with E-state index in [1.807, 2.05) is 39.0 Å². The van der Waals surface area contributed by atoms with Crippen LogP contribution in [0, 0.1) is 0 Å².